The summed E-state index contributed by atoms with van der Waals surface area (Å²) in [5, 5.41) is 12.1. The molecular formula is C12H16FN3O3. The Labute approximate surface area is 109 Å². The van der Waals surface area contributed by atoms with E-state index in [9.17, 15) is 14.0 Å². The molecule has 0 amide bonds. The molecule has 1 fully saturated rings. The van der Waals surface area contributed by atoms with E-state index in [0.29, 0.717) is 16.3 Å². The maximum absolute atomic E-state index is 13.2. The van der Waals surface area contributed by atoms with E-state index in [4.69, 9.17) is 5.11 Å². The summed E-state index contributed by atoms with van der Waals surface area (Å²) in [5.74, 6) is -1.07. The molecule has 1 aliphatic heterocycles. The summed E-state index contributed by atoms with van der Waals surface area (Å²) >= 11 is 0. The van der Waals surface area contributed by atoms with Crippen molar-refractivity contribution in [2.24, 2.45) is 5.92 Å². The van der Waals surface area contributed by atoms with Gasteiger partial charge in [-0.15, -0.1) is 0 Å². The van der Waals surface area contributed by atoms with Crippen molar-refractivity contribution in [2.75, 3.05) is 18.0 Å². The molecule has 19 heavy (non-hydrogen) atoms. The molecule has 0 spiro atoms. The average Bonchev–Trinajstić information content (AvgIpc) is 2.38. The Morgan fingerprint density at radius 3 is 2.68 bits per heavy atom. The standard InChI is InChI=1S/C12H16FN3O3/c1-8-2-4-15(5-3-8)9-6-10(17)16(14-7-9)11(13)12(18)19/h6-8,11H,2-5H2,1H3,(H,18,19). The topological polar surface area (TPSA) is 75.4 Å². The van der Waals surface area contributed by atoms with Crippen LogP contribution >= 0.6 is 0 Å². The van der Waals surface area contributed by atoms with Gasteiger partial charge in [0, 0.05) is 19.2 Å². The van der Waals surface area contributed by atoms with Crippen LogP contribution in [0.3, 0.4) is 0 Å². The van der Waals surface area contributed by atoms with Crippen molar-refractivity contribution in [2.45, 2.75) is 26.1 Å². The fraction of sp³-hybridized carbons (Fsp3) is 0.583. The predicted octanol–water partition coefficient (Wildman–Crippen LogP) is 1.03. The Kier molecular flexibility index (Phi) is 3.82. The van der Waals surface area contributed by atoms with Crippen LogP contribution in [0.25, 0.3) is 0 Å². The lowest BCUT2D eigenvalue weighted by Gasteiger charge is -2.31. The predicted molar refractivity (Wildman–Crippen MR) is 66.9 cm³/mol. The van der Waals surface area contributed by atoms with Gasteiger partial charge in [0.25, 0.3) is 11.9 Å². The van der Waals surface area contributed by atoms with Crippen LogP contribution < -0.4 is 10.5 Å². The summed E-state index contributed by atoms with van der Waals surface area (Å²) in [5.41, 5.74) is -0.128. The van der Waals surface area contributed by atoms with E-state index < -0.39 is 17.8 Å². The number of anilines is 1. The molecule has 1 atom stereocenters. The van der Waals surface area contributed by atoms with Gasteiger partial charge >= 0.3 is 5.97 Å². The number of halogens is 1. The van der Waals surface area contributed by atoms with Gasteiger partial charge in [-0.1, -0.05) is 6.92 Å². The Morgan fingerprint density at radius 2 is 2.16 bits per heavy atom. The molecule has 1 N–H and O–H groups in total. The van der Waals surface area contributed by atoms with Crippen molar-refractivity contribution in [1.29, 1.82) is 0 Å². The van der Waals surface area contributed by atoms with E-state index in [1.807, 2.05) is 4.90 Å². The highest BCUT2D eigenvalue weighted by Crippen LogP contribution is 2.21. The Morgan fingerprint density at radius 1 is 1.53 bits per heavy atom. The largest absolute Gasteiger partial charge is 0.478 e. The number of aliphatic carboxylic acids is 1. The Bertz CT molecular complexity index is 523. The van der Waals surface area contributed by atoms with E-state index >= 15 is 0 Å². The van der Waals surface area contributed by atoms with Gasteiger partial charge in [-0.3, -0.25) is 4.79 Å². The van der Waals surface area contributed by atoms with Crippen LogP contribution in [0, 0.1) is 5.92 Å². The molecule has 2 heterocycles. The quantitative estimate of drug-likeness (QED) is 0.887. The minimum atomic E-state index is -2.44. The van der Waals surface area contributed by atoms with Crippen molar-refractivity contribution < 1.29 is 14.3 Å². The molecule has 0 radical (unpaired) electrons. The van der Waals surface area contributed by atoms with E-state index in [1.54, 1.807) is 0 Å². The molecule has 1 aromatic heterocycles. The number of rotatable bonds is 3. The van der Waals surface area contributed by atoms with Gasteiger partial charge in [0.1, 0.15) is 0 Å². The summed E-state index contributed by atoms with van der Waals surface area (Å²) in [6, 6.07) is 1.23. The SMILES string of the molecule is CC1CCN(c2cnn(C(F)C(=O)O)c(=O)c2)CC1. The number of alkyl halides is 1. The smallest absolute Gasteiger partial charge is 0.361 e. The highest BCUT2D eigenvalue weighted by atomic mass is 19.1. The first-order valence-electron chi connectivity index (χ1n) is 6.19. The third kappa shape index (κ3) is 2.91. The second-order valence-corrected chi connectivity index (χ2v) is 4.84. The number of piperidine rings is 1. The number of nitrogens with zero attached hydrogens (tertiary/aromatic N) is 3. The summed E-state index contributed by atoms with van der Waals surface area (Å²) < 4.78 is 13.6. The summed E-state index contributed by atoms with van der Waals surface area (Å²) in [7, 11) is 0. The fourth-order valence-electron chi connectivity index (χ4n) is 2.12. The molecule has 0 aromatic carbocycles. The normalized spacial score (nSPS) is 18.3. The fourth-order valence-corrected chi connectivity index (χ4v) is 2.12. The van der Waals surface area contributed by atoms with E-state index in [-0.39, 0.29) is 0 Å². The minimum Gasteiger partial charge on any atom is -0.478 e. The van der Waals surface area contributed by atoms with Crippen molar-refractivity contribution >= 4 is 11.7 Å². The molecule has 1 unspecified atom stereocenters. The lowest BCUT2D eigenvalue weighted by molar-refractivity contribution is -0.147. The van der Waals surface area contributed by atoms with Crippen LogP contribution in [0.5, 0.6) is 0 Å². The molecule has 7 heteroatoms. The van der Waals surface area contributed by atoms with Gasteiger partial charge in [0.2, 0.25) is 0 Å². The van der Waals surface area contributed by atoms with Gasteiger partial charge in [0.15, 0.2) is 0 Å². The van der Waals surface area contributed by atoms with Gasteiger partial charge in [-0.25, -0.2) is 9.18 Å². The maximum atomic E-state index is 13.2. The van der Waals surface area contributed by atoms with Crippen LogP contribution in [0.1, 0.15) is 26.1 Å². The number of carbonyl (C=O) groups is 1. The minimum absolute atomic E-state index is 0.332. The first kappa shape index (κ1) is 13.5. The summed E-state index contributed by atoms with van der Waals surface area (Å²) in [6.45, 7) is 3.82. The molecule has 1 saturated heterocycles. The lowest BCUT2D eigenvalue weighted by Crippen LogP contribution is -2.35. The number of carboxylic acid groups (broad SMARTS) is 1. The van der Waals surface area contributed by atoms with Crippen LogP contribution in [0.2, 0.25) is 0 Å². The van der Waals surface area contributed by atoms with Crippen molar-refractivity contribution in [3.63, 3.8) is 0 Å². The van der Waals surface area contributed by atoms with Crippen molar-refractivity contribution in [1.82, 2.24) is 9.78 Å². The monoisotopic (exact) mass is 269 g/mol. The molecule has 0 bridgehead atoms. The third-order valence-corrected chi connectivity index (χ3v) is 3.38. The number of hydrogen-bond acceptors (Lipinski definition) is 4. The van der Waals surface area contributed by atoms with Gasteiger partial charge in [-0.05, 0) is 18.8 Å². The molecule has 6 nitrogen and oxygen atoms in total. The second-order valence-electron chi connectivity index (χ2n) is 4.84. The zero-order chi connectivity index (χ0) is 14.0. The van der Waals surface area contributed by atoms with Crippen molar-refractivity contribution in [3.05, 3.63) is 22.6 Å². The first-order valence-corrected chi connectivity index (χ1v) is 6.19. The molecule has 1 aliphatic rings. The van der Waals surface area contributed by atoms with E-state index in [2.05, 4.69) is 12.0 Å². The zero-order valence-corrected chi connectivity index (χ0v) is 10.6. The summed E-state index contributed by atoms with van der Waals surface area (Å²) in [4.78, 5) is 24.2. The Balaban J connectivity index is 2.19. The van der Waals surface area contributed by atoms with Crippen LogP contribution in [0.4, 0.5) is 10.1 Å². The Hall–Kier alpha value is -1.92. The number of carboxylic acids is 1. The van der Waals surface area contributed by atoms with Crippen molar-refractivity contribution in [3.8, 4) is 0 Å². The van der Waals surface area contributed by atoms with E-state index in [1.165, 1.54) is 12.3 Å². The molecule has 0 aliphatic carbocycles. The van der Waals surface area contributed by atoms with Gasteiger partial charge in [-0.2, -0.15) is 9.78 Å². The number of aromatic nitrogens is 2. The summed E-state index contributed by atoms with van der Waals surface area (Å²) in [6.07, 6.45) is 0.962. The highest BCUT2D eigenvalue weighted by Gasteiger charge is 2.22. The van der Waals surface area contributed by atoms with Gasteiger partial charge < -0.3 is 10.0 Å². The van der Waals surface area contributed by atoms with Crippen LogP contribution in [-0.4, -0.2) is 33.9 Å². The zero-order valence-electron chi connectivity index (χ0n) is 10.6. The first-order chi connectivity index (χ1) is 8.99. The van der Waals surface area contributed by atoms with Gasteiger partial charge in [0.05, 0.1) is 11.9 Å². The van der Waals surface area contributed by atoms with Crippen LogP contribution in [-0.2, 0) is 4.79 Å². The van der Waals surface area contributed by atoms with Crippen LogP contribution in [0.15, 0.2) is 17.1 Å². The second kappa shape index (κ2) is 5.38. The maximum Gasteiger partial charge on any atom is 0.361 e. The third-order valence-electron chi connectivity index (χ3n) is 3.38. The molecule has 1 aromatic rings. The molecular weight excluding hydrogens is 253 g/mol. The molecule has 104 valence electrons. The average molecular weight is 269 g/mol. The molecule has 2 rings (SSSR count). The van der Waals surface area contributed by atoms with E-state index in [0.717, 1.165) is 25.9 Å². The number of hydrogen-bond donors (Lipinski definition) is 1. The molecule has 0 saturated carbocycles. The highest BCUT2D eigenvalue weighted by molar-refractivity contribution is 5.69. The lowest BCUT2D eigenvalue weighted by atomic mass is 9.99.